The number of amides is 2. The van der Waals surface area contributed by atoms with E-state index in [1.54, 1.807) is 6.07 Å². The van der Waals surface area contributed by atoms with Crippen molar-refractivity contribution in [3.8, 4) is 11.3 Å². The van der Waals surface area contributed by atoms with Gasteiger partial charge < -0.3 is 19.7 Å². The molecule has 1 aliphatic carbocycles. The molecule has 1 aliphatic heterocycles. The van der Waals surface area contributed by atoms with Crippen LogP contribution in [0.15, 0.2) is 39.4 Å². The molecule has 3 heterocycles. The lowest BCUT2D eigenvalue weighted by molar-refractivity contribution is -0.128. The second-order valence-corrected chi connectivity index (χ2v) is 10.1. The zero-order valence-corrected chi connectivity index (χ0v) is 21.2. The number of carbonyl (C=O) groups excluding carboxylic acids is 2. The maximum Gasteiger partial charge on any atom is 0.273 e. The smallest absolute Gasteiger partial charge is 0.273 e. The summed E-state index contributed by atoms with van der Waals surface area (Å²) in [6, 6.07) is 6.15. The zero-order valence-electron chi connectivity index (χ0n) is 21.2. The van der Waals surface area contributed by atoms with E-state index in [-0.39, 0.29) is 29.5 Å². The van der Waals surface area contributed by atoms with Crippen LogP contribution in [0.5, 0.6) is 0 Å². The largest absolute Gasteiger partial charge is 0.359 e. The molecule has 3 aromatic rings. The van der Waals surface area contributed by atoms with Gasteiger partial charge in [-0.15, -0.1) is 0 Å². The summed E-state index contributed by atoms with van der Waals surface area (Å²) in [6.07, 6.45) is 6.44. The van der Waals surface area contributed by atoms with Crippen molar-refractivity contribution >= 4 is 11.8 Å². The Kier molecular flexibility index (Phi) is 7.82. The lowest BCUT2D eigenvalue weighted by atomic mass is 9.87. The highest BCUT2D eigenvalue weighted by atomic mass is 19.1. The SMILES string of the molecule is Cc1cc(CNC(=O)[C@@H]2CN(C3CCCCC3)CC[C@H]2NC(=O)c2cc(-c3ccc(F)cc3F)on2)on1. The number of hydrogen-bond donors (Lipinski definition) is 2. The van der Waals surface area contributed by atoms with Crippen molar-refractivity contribution in [2.45, 2.75) is 64.1 Å². The Morgan fingerprint density at radius 2 is 1.87 bits per heavy atom. The van der Waals surface area contributed by atoms with E-state index >= 15 is 0 Å². The fourth-order valence-electron chi connectivity index (χ4n) is 5.44. The summed E-state index contributed by atoms with van der Waals surface area (Å²) >= 11 is 0. The van der Waals surface area contributed by atoms with Gasteiger partial charge in [-0.05, 0) is 38.3 Å². The first-order chi connectivity index (χ1) is 18.4. The van der Waals surface area contributed by atoms with Crippen LogP contribution in [-0.2, 0) is 11.3 Å². The first kappa shape index (κ1) is 26.0. The van der Waals surface area contributed by atoms with Crippen LogP contribution in [0.3, 0.4) is 0 Å². The van der Waals surface area contributed by atoms with Crippen molar-refractivity contribution < 1.29 is 27.4 Å². The maximum atomic E-state index is 14.2. The number of halogens is 2. The molecule has 1 saturated carbocycles. The summed E-state index contributed by atoms with van der Waals surface area (Å²) in [5, 5.41) is 13.5. The zero-order chi connectivity index (χ0) is 26.6. The molecule has 2 aliphatic rings. The minimum atomic E-state index is -0.818. The first-order valence-corrected chi connectivity index (χ1v) is 13.0. The summed E-state index contributed by atoms with van der Waals surface area (Å²) in [4.78, 5) is 28.8. The highest BCUT2D eigenvalue weighted by Crippen LogP contribution is 2.28. The van der Waals surface area contributed by atoms with Crippen LogP contribution in [-0.4, -0.2) is 52.2 Å². The Morgan fingerprint density at radius 1 is 1.05 bits per heavy atom. The lowest BCUT2D eigenvalue weighted by Crippen LogP contribution is -2.57. The highest BCUT2D eigenvalue weighted by molar-refractivity contribution is 5.94. The minimum Gasteiger partial charge on any atom is -0.359 e. The number of carbonyl (C=O) groups is 2. The fourth-order valence-corrected chi connectivity index (χ4v) is 5.44. The number of nitrogens with one attached hydrogen (secondary N) is 2. The van der Waals surface area contributed by atoms with Gasteiger partial charge >= 0.3 is 0 Å². The van der Waals surface area contributed by atoms with Crippen molar-refractivity contribution in [1.29, 1.82) is 0 Å². The van der Waals surface area contributed by atoms with Gasteiger partial charge in [0.25, 0.3) is 5.91 Å². The third kappa shape index (κ3) is 5.93. The molecule has 0 spiro atoms. The molecule has 5 rings (SSSR count). The number of aromatic nitrogens is 2. The Balaban J connectivity index is 1.28. The van der Waals surface area contributed by atoms with Crippen LogP contribution in [0.1, 0.15) is 60.5 Å². The molecule has 2 aromatic heterocycles. The van der Waals surface area contributed by atoms with E-state index in [0.717, 1.165) is 37.2 Å². The molecule has 11 heteroatoms. The van der Waals surface area contributed by atoms with Gasteiger partial charge in [-0.1, -0.05) is 29.6 Å². The predicted octanol–water partition coefficient (Wildman–Crippen LogP) is 3.99. The Morgan fingerprint density at radius 3 is 2.61 bits per heavy atom. The van der Waals surface area contributed by atoms with Crippen LogP contribution in [0.25, 0.3) is 11.3 Å². The molecule has 0 radical (unpaired) electrons. The van der Waals surface area contributed by atoms with Crippen molar-refractivity contribution in [1.82, 2.24) is 25.8 Å². The van der Waals surface area contributed by atoms with Crippen molar-refractivity contribution in [2.24, 2.45) is 5.92 Å². The summed E-state index contributed by atoms with van der Waals surface area (Å²) in [5.41, 5.74) is 0.682. The number of benzene rings is 1. The van der Waals surface area contributed by atoms with Crippen LogP contribution in [0, 0.1) is 24.5 Å². The van der Waals surface area contributed by atoms with Gasteiger partial charge in [0.05, 0.1) is 23.7 Å². The molecule has 0 bridgehead atoms. The second kappa shape index (κ2) is 11.4. The number of aryl methyl sites for hydroxylation is 1. The summed E-state index contributed by atoms with van der Waals surface area (Å²) in [5.74, 6) is -2.16. The van der Waals surface area contributed by atoms with E-state index in [4.69, 9.17) is 9.05 Å². The van der Waals surface area contributed by atoms with Gasteiger partial charge in [-0.25, -0.2) is 8.78 Å². The summed E-state index contributed by atoms with van der Waals surface area (Å²) in [7, 11) is 0. The summed E-state index contributed by atoms with van der Waals surface area (Å²) in [6.45, 7) is 3.31. The molecule has 0 unspecified atom stereocenters. The number of piperidine rings is 1. The van der Waals surface area contributed by atoms with E-state index < -0.39 is 29.5 Å². The third-order valence-corrected chi connectivity index (χ3v) is 7.44. The number of rotatable bonds is 7. The fraction of sp³-hybridized carbons (Fsp3) is 0.481. The van der Waals surface area contributed by atoms with Gasteiger partial charge in [0.1, 0.15) is 11.6 Å². The Hall–Kier alpha value is -3.60. The van der Waals surface area contributed by atoms with Gasteiger partial charge in [0.15, 0.2) is 17.2 Å². The topological polar surface area (TPSA) is 114 Å². The van der Waals surface area contributed by atoms with Crippen LogP contribution in [0.2, 0.25) is 0 Å². The quantitative estimate of drug-likeness (QED) is 0.478. The third-order valence-electron chi connectivity index (χ3n) is 7.44. The van der Waals surface area contributed by atoms with E-state index in [2.05, 4.69) is 25.8 Å². The molecule has 2 N–H and O–H groups in total. The molecule has 2 fully saturated rings. The number of likely N-dealkylation sites (tertiary alicyclic amines) is 1. The monoisotopic (exact) mass is 527 g/mol. The Bertz CT molecular complexity index is 1290. The van der Waals surface area contributed by atoms with E-state index in [1.807, 2.05) is 6.92 Å². The molecular formula is C27H31F2N5O4. The first-order valence-electron chi connectivity index (χ1n) is 13.0. The maximum absolute atomic E-state index is 14.2. The van der Waals surface area contributed by atoms with Gasteiger partial charge in [-0.3, -0.25) is 14.5 Å². The van der Waals surface area contributed by atoms with Gasteiger partial charge in [0.2, 0.25) is 5.91 Å². The molecule has 38 heavy (non-hydrogen) atoms. The Labute approximate surface area is 218 Å². The van der Waals surface area contributed by atoms with Crippen molar-refractivity contribution in [3.05, 3.63) is 59.1 Å². The van der Waals surface area contributed by atoms with Gasteiger partial charge in [0, 0.05) is 43.4 Å². The molecule has 2 atom stereocenters. The average Bonchev–Trinajstić information content (AvgIpc) is 3.57. The van der Waals surface area contributed by atoms with Crippen LogP contribution < -0.4 is 10.6 Å². The molecular weight excluding hydrogens is 496 g/mol. The van der Waals surface area contributed by atoms with Crippen molar-refractivity contribution in [3.63, 3.8) is 0 Å². The van der Waals surface area contributed by atoms with Crippen LogP contribution >= 0.6 is 0 Å². The summed E-state index contributed by atoms with van der Waals surface area (Å²) < 4.78 is 37.8. The highest BCUT2D eigenvalue weighted by Gasteiger charge is 2.38. The standard InChI is InChI=1S/C27H31F2N5O4/c1-16-11-19(37-32-16)14-30-26(35)21-15-34(18-5-3-2-4-6-18)10-9-23(21)31-27(36)24-13-25(38-33-24)20-8-7-17(28)12-22(20)29/h7-8,11-13,18,21,23H,2-6,9-10,14-15H2,1H3,(H,30,35)(H,31,36)/t21-,23-/m1/s1. The van der Waals surface area contributed by atoms with Crippen LogP contribution in [0.4, 0.5) is 8.78 Å². The molecule has 1 saturated heterocycles. The molecule has 2 amide bonds. The number of nitrogens with zero attached hydrogens (tertiary/aromatic N) is 3. The second-order valence-electron chi connectivity index (χ2n) is 10.1. The lowest BCUT2D eigenvalue weighted by Gasteiger charge is -2.43. The molecule has 202 valence electrons. The van der Waals surface area contributed by atoms with E-state index in [9.17, 15) is 18.4 Å². The number of hydrogen-bond acceptors (Lipinski definition) is 7. The minimum absolute atomic E-state index is 0.00125. The van der Waals surface area contributed by atoms with E-state index in [0.29, 0.717) is 24.8 Å². The average molecular weight is 528 g/mol. The van der Waals surface area contributed by atoms with Gasteiger partial charge in [-0.2, -0.15) is 0 Å². The van der Waals surface area contributed by atoms with E-state index in [1.165, 1.54) is 31.4 Å². The molecule has 1 aromatic carbocycles. The molecule has 9 nitrogen and oxygen atoms in total. The normalized spacial score (nSPS) is 20.8. The predicted molar refractivity (Wildman–Crippen MR) is 133 cm³/mol. The van der Waals surface area contributed by atoms with Crippen molar-refractivity contribution in [2.75, 3.05) is 13.1 Å².